The maximum Gasteiger partial charge on any atom is 0.255 e. The highest BCUT2D eigenvalue weighted by Crippen LogP contribution is 2.18. The van der Waals surface area contributed by atoms with Crippen molar-refractivity contribution in [1.29, 1.82) is 0 Å². The van der Waals surface area contributed by atoms with Crippen molar-refractivity contribution in [2.75, 3.05) is 13.2 Å². The highest BCUT2D eigenvalue weighted by molar-refractivity contribution is 5.94. The van der Waals surface area contributed by atoms with Crippen LogP contribution in [0.3, 0.4) is 0 Å². The number of aliphatic hydroxyl groups excluding tert-OH is 1. The Morgan fingerprint density at radius 2 is 2.44 bits per heavy atom. The number of amides is 1. The van der Waals surface area contributed by atoms with Crippen LogP contribution in [-0.4, -0.2) is 40.1 Å². The number of carbonyl (C=O) groups excluding carboxylic acids is 1. The number of hydrogen-bond donors (Lipinski definition) is 1. The van der Waals surface area contributed by atoms with E-state index in [1.807, 2.05) is 0 Å². The van der Waals surface area contributed by atoms with Gasteiger partial charge in [-0.1, -0.05) is 0 Å². The van der Waals surface area contributed by atoms with Crippen LogP contribution < -0.4 is 0 Å². The molecule has 1 N–H and O–H groups in total. The number of pyridine rings is 1. The summed E-state index contributed by atoms with van der Waals surface area (Å²) in [6.07, 6.45) is 6.22. The van der Waals surface area contributed by atoms with Crippen molar-refractivity contribution in [2.24, 2.45) is 0 Å². The van der Waals surface area contributed by atoms with Gasteiger partial charge >= 0.3 is 0 Å². The lowest BCUT2D eigenvalue weighted by Crippen LogP contribution is -2.45. The average Bonchev–Trinajstić information content (AvgIpc) is 2.39. The summed E-state index contributed by atoms with van der Waals surface area (Å²) in [6, 6.07) is 3.49. The van der Waals surface area contributed by atoms with Gasteiger partial charge in [-0.25, -0.2) is 0 Å². The predicted molar refractivity (Wildman–Crippen MR) is 60.0 cm³/mol. The number of carbonyl (C=O) groups is 1. The zero-order valence-corrected chi connectivity index (χ0v) is 9.17. The summed E-state index contributed by atoms with van der Waals surface area (Å²) in [5, 5.41) is 9.25. The number of rotatable bonds is 2. The van der Waals surface area contributed by atoms with Gasteiger partial charge in [-0.05, 0) is 31.4 Å². The monoisotopic (exact) mass is 220 g/mol. The molecule has 4 nitrogen and oxygen atoms in total. The maximum atomic E-state index is 12.1. The molecule has 1 fully saturated rings. The van der Waals surface area contributed by atoms with Crippen molar-refractivity contribution in [3.63, 3.8) is 0 Å². The van der Waals surface area contributed by atoms with Gasteiger partial charge < -0.3 is 10.0 Å². The second-order valence-electron chi connectivity index (χ2n) is 4.07. The molecule has 0 bridgehead atoms. The van der Waals surface area contributed by atoms with E-state index in [0.717, 1.165) is 25.8 Å². The van der Waals surface area contributed by atoms with Gasteiger partial charge in [-0.2, -0.15) is 0 Å². The van der Waals surface area contributed by atoms with E-state index in [9.17, 15) is 9.90 Å². The fourth-order valence-corrected chi connectivity index (χ4v) is 2.11. The van der Waals surface area contributed by atoms with Gasteiger partial charge in [0, 0.05) is 18.9 Å². The van der Waals surface area contributed by atoms with Crippen molar-refractivity contribution < 1.29 is 9.90 Å². The Balaban J connectivity index is 2.14. The van der Waals surface area contributed by atoms with Crippen LogP contribution in [0.25, 0.3) is 0 Å². The molecule has 1 aliphatic rings. The fourth-order valence-electron chi connectivity index (χ4n) is 2.11. The molecule has 86 valence electrons. The van der Waals surface area contributed by atoms with Crippen LogP contribution in [0, 0.1) is 0 Å². The summed E-state index contributed by atoms with van der Waals surface area (Å²) in [7, 11) is 0. The molecule has 0 radical (unpaired) electrons. The van der Waals surface area contributed by atoms with Gasteiger partial charge in [0.05, 0.1) is 18.2 Å². The topological polar surface area (TPSA) is 53.4 Å². The molecule has 1 aromatic heterocycles. The third kappa shape index (κ3) is 2.22. The molecule has 2 rings (SSSR count). The molecule has 1 aliphatic heterocycles. The Labute approximate surface area is 94.9 Å². The molecule has 1 amide bonds. The molecule has 0 spiro atoms. The quantitative estimate of drug-likeness (QED) is 0.811. The van der Waals surface area contributed by atoms with E-state index < -0.39 is 0 Å². The second-order valence-corrected chi connectivity index (χ2v) is 4.07. The third-order valence-electron chi connectivity index (χ3n) is 3.01. The standard InChI is InChI=1S/C12H16N2O2/c15-9-11-5-1-2-7-14(11)12(16)10-4-3-6-13-8-10/h3-4,6,8,11,15H,1-2,5,7,9H2/t11-/m0/s1. The van der Waals surface area contributed by atoms with E-state index in [1.54, 1.807) is 29.4 Å². The number of piperidine rings is 1. The van der Waals surface area contributed by atoms with Crippen LogP contribution in [0.1, 0.15) is 29.6 Å². The minimum absolute atomic E-state index is 0.0214. The largest absolute Gasteiger partial charge is 0.394 e. The van der Waals surface area contributed by atoms with Crippen molar-refractivity contribution in [1.82, 2.24) is 9.88 Å². The highest BCUT2D eigenvalue weighted by Gasteiger charge is 2.26. The predicted octanol–water partition coefficient (Wildman–Crippen LogP) is 1.07. The minimum atomic E-state index is -0.0264. The van der Waals surface area contributed by atoms with Crippen LogP contribution in [0.4, 0.5) is 0 Å². The fraction of sp³-hybridized carbons (Fsp3) is 0.500. The first-order chi connectivity index (χ1) is 7.83. The Hall–Kier alpha value is -1.42. The number of nitrogens with zero attached hydrogens (tertiary/aromatic N) is 2. The maximum absolute atomic E-state index is 12.1. The molecule has 16 heavy (non-hydrogen) atoms. The molecule has 0 saturated carbocycles. The normalized spacial score (nSPS) is 20.8. The van der Waals surface area contributed by atoms with Crippen molar-refractivity contribution in [3.8, 4) is 0 Å². The molecular weight excluding hydrogens is 204 g/mol. The van der Waals surface area contributed by atoms with Crippen LogP contribution >= 0.6 is 0 Å². The Bertz CT molecular complexity index is 353. The van der Waals surface area contributed by atoms with Gasteiger partial charge in [0.2, 0.25) is 0 Å². The first kappa shape index (κ1) is 11.1. The van der Waals surface area contributed by atoms with Gasteiger partial charge in [0.1, 0.15) is 0 Å². The first-order valence-corrected chi connectivity index (χ1v) is 5.65. The molecular formula is C12H16N2O2. The molecule has 1 saturated heterocycles. The Morgan fingerprint density at radius 1 is 1.56 bits per heavy atom. The Kier molecular flexibility index (Phi) is 3.51. The van der Waals surface area contributed by atoms with Gasteiger partial charge in [-0.3, -0.25) is 9.78 Å². The minimum Gasteiger partial charge on any atom is -0.394 e. The van der Waals surface area contributed by atoms with Crippen molar-refractivity contribution in [3.05, 3.63) is 30.1 Å². The summed E-state index contributed by atoms with van der Waals surface area (Å²) in [5.74, 6) is -0.0214. The number of aromatic nitrogens is 1. The molecule has 0 unspecified atom stereocenters. The molecule has 0 aromatic carbocycles. The van der Waals surface area contributed by atoms with Crippen LogP contribution in [0.5, 0.6) is 0 Å². The second kappa shape index (κ2) is 5.07. The lowest BCUT2D eigenvalue weighted by atomic mass is 10.0. The van der Waals surface area contributed by atoms with Crippen molar-refractivity contribution >= 4 is 5.91 Å². The Morgan fingerprint density at radius 3 is 3.12 bits per heavy atom. The lowest BCUT2D eigenvalue weighted by molar-refractivity contribution is 0.0502. The number of likely N-dealkylation sites (tertiary alicyclic amines) is 1. The van der Waals surface area contributed by atoms with Crippen LogP contribution in [0.2, 0.25) is 0 Å². The molecule has 0 aliphatic carbocycles. The van der Waals surface area contributed by atoms with E-state index in [1.165, 1.54) is 0 Å². The molecule has 1 aromatic rings. The zero-order valence-electron chi connectivity index (χ0n) is 9.17. The zero-order chi connectivity index (χ0) is 11.4. The summed E-state index contributed by atoms with van der Waals surface area (Å²) in [6.45, 7) is 0.783. The SMILES string of the molecule is O=C(c1cccnc1)N1CCCC[C@H]1CO. The van der Waals surface area contributed by atoms with E-state index in [4.69, 9.17) is 0 Å². The van der Waals surface area contributed by atoms with E-state index in [0.29, 0.717) is 5.56 Å². The van der Waals surface area contributed by atoms with Gasteiger partial charge in [-0.15, -0.1) is 0 Å². The van der Waals surface area contributed by atoms with E-state index >= 15 is 0 Å². The lowest BCUT2D eigenvalue weighted by Gasteiger charge is -2.34. The summed E-state index contributed by atoms with van der Waals surface area (Å²) in [4.78, 5) is 17.8. The highest BCUT2D eigenvalue weighted by atomic mass is 16.3. The van der Waals surface area contributed by atoms with Gasteiger partial charge in [0.25, 0.3) is 5.91 Å². The van der Waals surface area contributed by atoms with Crippen LogP contribution in [-0.2, 0) is 0 Å². The molecule has 4 heteroatoms. The van der Waals surface area contributed by atoms with E-state index in [2.05, 4.69) is 4.98 Å². The van der Waals surface area contributed by atoms with Gasteiger partial charge in [0.15, 0.2) is 0 Å². The third-order valence-corrected chi connectivity index (χ3v) is 3.01. The number of aliphatic hydroxyl groups is 1. The average molecular weight is 220 g/mol. The van der Waals surface area contributed by atoms with E-state index in [-0.39, 0.29) is 18.6 Å². The van der Waals surface area contributed by atoms with Crippen LogP contribution in [0.15, 0.2) is 24.5 Å². The summed E-state index contributed by atoms with van der Waals surface area (Å²) in [5.41, 5.74) is 0.600. The number of hydrogen-bond acceptors (Lipinski definition) is 3. The first-order valence-electron chi connectivity index (χ1n) is 5.65. The summed E-state index contributed by atoms with van der Waals surface area (Å²) >= 11 is 0. The van der Waals surface area contributed by atoms with Crippen molar-refractivity contribution in [2.45, 2.75) is 25.3 Å². The molecule has 2 heterocycles. The molecule has 1 atom stereocenters. The summed E-state index contributed by atoms with van der Waals surface area (Å²) < 4.78 is 0. The smallest absolute Gasteiger partial charge is 0.255 e.